The fourth-order valence-corrected chi connectivity index (χ4v) is 5.95. The second kappa shape index (κ2) is 3.07. The van der Waals surface area contributed by atoms with E-state index in [1.807, 2.05) is 0 Å². The smallest absolute Gasteiger partial charge is 0.246 e. The zero-order chi connectivity index (χ0) is 12.9. The van der Waals surface area contributed by atoms with Crippen molar-refractivity contribution >= 4 is 0 Å². The maximum absolute atomic E-state index is 12.3. The van der Waals surface area contributed by atoms with Crippen molar-refractivity contribution in [2.45, 2.75) is 44.2 Å². The lowest BCUT2D eigenvalue weighted by Crippen LogP contribution is -2.48. The van der Waals surface area contributed by atoms with Crippen LogP contribution in [0.15, 0.2) is 9.59 Å². The summed E-state index contributed by atoms with van der Waals surface area (Å²) in [6, 6.07) is 0.619. The summed E-state index contributed by atoms with van der Waals surface area (Å²) in [4.78, 5) is 24.5. The molecule has 4 atom stereocenters. The van der Waals surface area contributed by atoms with Crippen molar-refractivity contribution in [2.75, 3.05) is 0 Å². The molecule has 6 rings (SSSR count). The van der Waals surface area contributed by atoms with Crippen LogP contribution in [0.5, 0.6) is 0 Å². The summed E-state index contributed by atoms with van der Waals surface area (Å²) >= 11 is 0. The Bertz CT molecular complexity index is 618. The molecule has 0 spiro atoms. The van der Waals surface area contributed by atoms with Gasteiger partial charge in [-0.2, -0.15) is 0 Å². The summed E-state index contributed by atoms with van der Waals surface area (Å²) in [5.74, 6) is 2.97. The zero-order valence-electron chi connectivity index (χ0n) is 11.2. The first-order valence-electron chi connectivity index (χ1n) is 7.58. The molecule has 5 nitrogen and oxygen atoms in total. The van der Waals surface area contributed by atoms with E-state index in [9.17, 15) is 9.59 Å². The molecular weight excluding hydrogens is 242 g/mol. The van der Waals surface area contributed by atoms with Gasteiger partial charge in [-0.1, -0.05) is 0 Å². The fourth-order valence-electron chi connectivity index (χ4n) is 5.95. The molecule has 4 bridgehead atoms. The molecule has 0 amide bonds. The zero-order valence-corrected chi connectivity index (χ0v) is 11.2. The Balaban J connectivity index is 1.76. The molecule has 0 aromatic carbocycles. The predicted molar refractivity (Wildman–Crippen MR) is 69.1 cm³/mol. The topological polar surface area (TPSA) is 48.9 Å². The van der Waals surface area contributed by atoms with Gasteiger partial charge in [0, 0.05) is 7.05 Å². The Morgan fingerprint density at radius 2 is 1.26 bits per heavy atom. The van der Waals surface area contributed by atoms with E-state index in [-0.39, 0.29) is 11.4 Å². The maximum Gasteiger partial charge on any atom is 0.347 e. The van der Waals surface area contributed by atoms with Gasteiger partial charge in [-0.15, -0.1) is 0 Å². The Morgan fingerprint density at radius 1 is 0.842 bits per heavy atom. The summed E-state index contributed by atoms with van der Waals surface area (Å²) in [6.45, 7) is 0. The van der Waals surface area contributed by atoms with E-state index >= 15 is 0 Å². The number of hydrogen-bond donors (Lipinski definition) is 0. The molecule has 0 N–H and O–H groups in total. The van der Waals surface area contributed by atoms with Crippen molar-refractivity contribution in [1.29, 1.82) is 0 Å². The molecule has 4 saturated carbocycles. The lowest BCUT2D eigenvalue weighted by atomic mass is 9.58. The van der Waals surface area contributed by atoms with Gasteiger partial charge in [-0.25, -0.2) is 23.5 Å². The monoisotopic (exact) mass is 261 g/mol. The van der Waals surface area contributed by atoms with Crippen LogP contribution < -0.4 is 11.4 Å². The Kier molecular flexibility index (Phi) is 1.70. The summed E-state index contributed by atoms with van der Waals surface area (Å²) in [5.41, 5.74) is -0.199. The lowest BCUT2D eigenvalue weighted by Gasteiger charge is -2.50. The molecular formula is C14H19N3O2. The second-order valence-electron chi connectivity index (χ2n) is 7.01. The standard InChI is InChI=1S/C14H19N3O2/c1-15-13(18)16-9-6-10(17(16)14(15)19)12-8-3-2-7(4-5-8)11(9)12/h7-12H,2-6H2,1H3/t7?,8?,9-,10-,11-,12-/m0/s1. The van der Waals surface area contributed by atoms with Crippen molar-refractivity contribution in [1.82, 2.24) is 13.9 Å². The van der Waals surface area contributed by atoms with E-state index in [1.54, 1.807) is 16.4 Å². The molecule has 4 fully saturated rings. The summed E-state index contributed by atoms with van der Waals surface area (Å²) in [5, 5.41) is 0. The van der Waals surface area contributed by atoms with E-state index in [2.05, 4.69) is 0 Å². The van der Waals surface area contributed by atoms with Crippen molar-refractivity contribution in [3.63, 3.8) is 0 Å². The highest BCUT2D eigenvalue weighted by molar-refractivity contribution is 5.10. The van der Waals surface area contributed by atoms with Crippen LogP contribution in [0, 0.1) is 23.7 Å². The normalized spacial score (nSPS) is 45.5. The fraction of sp³-hybridized carbons (Fsp3) is 0.857. The number of fused-ring (bicyclic) bond motifs is 7. The minimum Gasteiger partial charge on any atom is -0.246 e. The van der Waals surface area contributed by atoms with Gasteiger partial charge in [0.25, 0.3) is 0 Å². The number of aromatic nitrogens is 3. The lowest BCUT2D eigenvalue weighted by molar-refractivity contribution is -0.0164. The Hall–Kier alpha value is -1.26. The molecule has 4 aliphatic carbocycles. The van der Waals surface area contributed by atoms with Gasteiger partial charge in [-0.05, 0) is 55.8 Å². The summed E-state index contributed by atoms with van der Waals surface area (Å²) < 4.78 is 4.89. The Labute approximate surface area is 110 Å². The number of hydrogen-bond acceptors (Lipinski definition) is 2. The average Bonchev–Trinajstić information content (AvgIpc) is 3.09. The van der Waals surface area contributed by atoms with Crippen LogP contribution in [0.1, 0.15) is 44.2 Å². The SMILES string of the molecule is Cn1c(=O)n2n(c1=O)[C@H]1C[C@H]2[C@@H]2C3CCC(CC3)[C@H]21. The third kappa shape index (κ3) is 0.986. The van der Waals surface area contributed by atoms with Gasteiger partial charge in [0.2, 0.25) is 0 Å². The van der Waals surface area contributed by atoms with Crippen molar-refractivity contribution in [2.24, 2.45) is 30.7 Å². The quantitative estimate of drug-likeness (QED) is 0.696. The third-order valence-corrected chi connectivity index (χ3v) is 6.55. The minimum absolute atomic E-state index is 0.0996. The highest BCUT2D eigenvalue weighted by Gasteiger charge is 2.60. The van der Waals surface area contributed by atoms with E-state index in [0.29, 0.717) is 23.9 Å². The highest BCUT2D eigenvalue weighted by atomic mass is 16.2. The van der Waals surface area contributed by atoms with Crippen LogP contribution in [0.25, 0.3) is 0 Å². The summed E-state index contributed by atoms with van der Waals surface area (Å²) in [7, 11) is 1.61. The van der Waals surface area contributed by atoms with Crippen LogP contribution in [0.3, 0.4) is 0 Å². The number of rotatable bonds is 0. The van der Waals surface area contributed by atoms with E-state index in [1.165, 1.54) is 30.3 Å². The summed E-state index contributed by atoms with van der Waals surface area (Å²) in [6.07, 6.45) is 6.43. The molecule has 19 heavy (non-hydrogen) atoms. The van der Waals surface area contributed by atoms with Gasteiger partial charge < -0.3 is 0 Å². The molecule has 102 valence electrons. The maximum atomic E-state index is 12.3. The first-order valence-corrected chi connectivity index (χ1v) is 7.58. The van der Waals surface area contributed by atoms with Gasteiger partial charge in [0.05, 0.1) is 12.1 Å². The van der Waals surface area contributed by atoms with Crippen LogP contribution in [0.2, 0.25) is 0 Å². The average molecular weight is 261 g/mol. The van der Waals surface area contributed by atoms with Crippen molar-refractivity contribution in [3.8, 4) is 0 Å². The van der Waals surface area contributed by atoms with Gasteiger partial charge >= 0.3 is 11.4 Å². The van der Waals surface area contributed by atoms with Crippen LogP contribution in [-0.2, 0) is 7.05 Å². The third-order valence-electron chi connectivity index (χ3n) is 6.55. The van der Waals surface area contributed by atoms with Gasteiger partial charge in [-0.3, -0.25) is 0 Å². The molecule has 1 aliphatic heterocycles. The molecule has 2 heterocycles. The molecule has 1 aromatic heterocycles. The largest absolute Gasteiger partial charge is 0.347 e. The van der Waals surface area contributed by atoms with Gasteiger partial charge in [0.15, 0.2) is 0 Å². The van der Waals surface area contributed by atoms with Crippen molar-refractivity contribution in [3.05, 3.63) is 21.0 Å². The first-order chi connectivity index (χ1) is 9.18. The second-order valence-corrected chi connectivity index (χ2v) is 7.01. The molecule has 1 aromatic rings. The van der Waals surface area contributed by atoms with E-state index in [0.717, 1.165) is 18.3 Å². The van der Waals surface area contributed by atoms with E-state index in [4.69, 9.17) is 0 Å². The van der Waals surface area contributed by atoms with E-state index < -0.39 is 0 Å². The van der Waals surface area contributed by atoms with Crippen LogP contribution in [0.4, 0.5) is 0 Å². The Morgan fingerprint density at radius 3 is 1.68 bits per heavy atom. The minimum atomic E-state index is -0.0996. The predicted octanol–water partition coefficient (Wildman–Crippen LogP) is 0.900. The van der Waals surface area contributed by atoms with Gasteiger partial charge in [0.1, 0.15) is 0 Å². The first kappa shape index (κ1) is 10.5. The van der Waals surface area contributed by atoms with Crippen molar-refractivity contribution < 1.29 is 0 Å². The number of nitrogens with zero attached hydrogens (tertiary/aromatic N) is 3. The molecule has 5 heteroatoms. The van der Waals surface area contributed by atoms with Crippen LogP contribution >= 0.6 is 0 Å². The molecule has 0 saturated heterocycles. The molecule has 0 unspecified atom stereocenters. The molecule has 0 radical (unpaired) electrons. The van der Waals surface area contributed by atoms with Crippen LogP contribution in [-0.4, -0.2) is 13.9 Å². The molecule has 5 aliphatic rings. The highest BCUT2D eigenvalue weighted by Crippen LogP contribution is 2.64.